The van der Waals surface area contributed by atoms with Gasteiger partial charge in [0.1, 0.15) is 10.6 Å². The molecule has 7 heteroatoms. The molecule has 0 saturated heterocycles. The minimum atomic E-state index is -0.532. The molecule has 0 unspecified atom stereocenters. The molecule has 0 aliphatic carbocycles. The molecule has 0 bridgehead atoms. The summed E-state index contributed by atoms with van der Waals surface area (Å²) in [6, 6.07) is 3.17. The van der Waals surface area contributed by atoms with Crippen molar-refractivity contribution in [2.24, 2.45) is 0 Å². The molecule has 2 rings (SSSR count). The Morgan fingerprint density at radius 2 is 2.09 bits per heavy atom. The SMILES string of the molecule is CCOC(=O)c1c(NC(=O)CC)sc2c(Cl)c(C=O)ccc12. The zero-order chi connectivity index (χ0) is 16.3. The van der Waals surface area contributed by atoms with Crippen molar-refractivity contribution in [3.63, 3.8) is 0 Å². The van der Waals surface area contributed by atoms with Crippen LogP contribution in [0.4, 0.5) is 5.00 Å². The molecule has 1 amide bonds. The van der Waals surface area contributed by atoms with E-state index >= 15 is 0 Å². The number of thiophene rings is 1. The number of halogens is 1. The molecule has 1 N–H and O–H groups in total. The average Bonchev–Trinajstić information content (AvgIpc) is 2.86. The molecule has 0 fully saturated rings. The lowest BCUT2D eigenvalue weighted by molar-refractivity contribution is -0.115. The lowest BCUT2D eigenvalue weighted by atomic mass is 10.1. The summed E-state index contributed by atoms with van der Waals surface area (Å²) in [6.45, 7) is 3.63. The van der Waals surface area contributed by atoms with Crippen LogP contribution in [0.3, 0.4) is 0 Å². The van der Waals surface area contributed by atoms with Crippen LogP contribution in [-0.4, -0.2) is 24.8 Å². The van der Waals surface area contributed by atoms with Gasteiger partial charge in [-0.25, -0.2) is 4.79 Å². The largest absolute Gasteiger partial charge is 0.462 e. The molecule has 1 heterocycles. The fourth-order valence-electron chi connectivity index (χ4n) is 1.94. The Morgan fingerprint density at radius 3 is 2.68 bits per heavy atom. The summed E-state index contributed by atoms with van der Waals surface area (Å²) >= 11 is 7.35. The predicted octanol–water partition coefficient (Wildman–Crippen LogP) is 3.89. The number of carbonyl (C=O) groups is 3. The second-order valence-electron chi connectivity index (χ2n) is 4.39. The highest BCUT2D eigenvalue weighted by atomic mass is 35.5. The van der Waals surface area contributed by atoms with Crippen LogP contribution in [-0.2, 0) is 9.53 Å². The minimum Gasteiger partial charge on any atom is -0.462 e. The van der Waals surface area contributed by atoms with Crippen LogP contribution >= 0.6 is 22.9 Å². The van der Waals surface area contributed by atoms with Crippen LogP contribution in [0.15, 0.2) is 12.1 Å². The number of fused-ring (bicyclic) bond motifs is 1. The zero-order valence-corrected chi connectivity index (χ0v) is 13.6. The number of benzene rings is 1. The van der Waals surface area contributed by atoms with Crippen molar-refractivity contribution in [1.82, 2.24) is 0 Å². The van der Waals surface area contributed by atoms with Gasteiger partial charge in [-0.2, -0.15) is 0 Å². The Morgan fingerprint density at radius 1 is 1.36 bits per heavy atom. The summed E-state index contributed by atoms with van der Waals surface area (Å²) < 4.78 is 5.62. The number of ether oxygens (including phenoxy) is 1. The molecule has 0 saturated carbocycles. The van der Waals surface area contributed by atoms with Crippen LogP contribution in [0.5, 0.6) is 0 Å². The number of carbonyl (C=O) groups excluding carboxylic acids is 3. The first-order valence-electron chi connectivity index (χ1n) is 6.70. The van der Waals surface area contributed by atoms with E-state index in [1.54, 1.807) is 26.0 Å². The summed E-state index contributed by atoms with van der Waals surface area (Å²) in [5.74, 6) is -0.751. The minimum absolute atomic E-state index is 0.219. The lowest BCUT2D eigenvalue weighted by Crippen LogP contribution is -2.12. The third-order valence-electron chi connectivity index (χ3n) is 3.01. The average molecular weight is 340 g/mol. The van der Waals surface area contributed by atoms with Crippen LogP contribution in [0, 0.1) is 0 Å². The van der Waals surface area contributed by atoms with Crippen LogP contribution in [0.1, 0.15) is 41.0 Å². The van der Waals surface area contributed by atoms with Crippen LogP contribution in [0.25, 0.3) is 10.1 Å². The number of esters is 1. The number of hydrogen-bond acceptors (Lipinski definition) is 5. The Labute approximate surface area is 136 Å². The standard InChI is InChI=1S/C15H14ClNO4S/c1-3-10(19)17-14-11(15(20)21-4-2)9-6-5-8(7-18)12(16)13(9)22-14/h5-7H,3-4H2,1-2H3,(H,17,19). The molecular formula is C15H14ClNO4S. The Balaban J connectivity index is 2.67. The first-order chi connectivity index (χ1) is 10.5. The Hall–Kier alpha value is -1.92. The van der Waals surface area contributed by atoms with E-state index < -0.39 is 5.97 Å². The van der Waals surface area contributed by atoms with Gasteiger partial charge in [-0.05, 0) is 13.0 Å². The van der Waals surface area contributed by atoms with Gasteiger partial charge in [0.25, 0.3) is 0 Å². The predicted molar refractivity (Wildman–Crippen MR) is 87.1 cm³/mol. The van der Waals surface area contributed by atoms with Crippen molar-refractivity contribution in [2.45, 2.75) is 20.3 Å². The van der Waals surface area contributed by atoms with Crippen molar-refractivity contribution < 1.29 is 19.1 Å². The highest BCUT2D eigenvalue weighted by molar-refractivity contribution is 7.24. The third-order valence-corrected chi connectivity index (χ3v) is 4.67. The van der Waals surface area contributed by atoms with Gasteiger partial charge in [0.2, 0.25) is 5.91 Å². The van der Waals surface area contributed by atoms with Crippen molar-refractivity contribution >= 4 is 56.2 Å². The summed E-state index contributed by atoms with van der Waals surface area (Å²) in [4.78, 5) is 34.8. The van der Waals surface area contributed by atoms with Gasteiger partial charge in [-0.3, -0.25) is 9.59 Å². The van der Waals surface area contributed by atoms with Crippen molar-refractivity contribution in [2.75, 3.05) is 11.9 Å². The highest BCUT2D eigenvalue weighted by Crippen LogP contribution is 2.41. The number of hydrogen-bond donors (Lipinski definition) is 1. The smallest absolute Gasteiger partial charge is 0.341 e. The molecule has 2 aromatic rings. The molecular weight excluding hydrogens is 326 g/mol. The monoisotopic (exact) mass is 339 g/mol. The number of aldehydes is 1. The Bertz CT molecular complexity index is 754. The molecule has 0 aliphatic rings. The lowest BCUT2D eigenvalue weighted by Gasteiger charge is -2.05. The van der Waals surface area contributed by atoms with Crippen LogP contribution in [0.2, 0.25) is 5.02 Å². The summed E-state index contributed by atoms with van der Waals surface area (Å²) in [5, 5.41) is 3.89. The molecule has 116 valence electrons. The number of rotatable bonds is 5. The molecule has 0 radical (unpaired) electrons. The number of nitrogens with one attached hydrogen (secondary N) is 1. The fourth-order valence-corrected chi connectivity index (χ4v) is 3.42. The first-order valence-corrected chi connectivity index (χ1v) is 7.90. The van der Waals surface area contributed by atoms with Crippen molar-refractivity contribution in [3.05, 3.63) is 28.3 Å². The van der Waals surface area contributed by atoms with E-state index in [4.69, 9.17) is 16.3 Å². The van der Waals surface area contributed by atoms with Crippen LogP contribution < -0.4 is 5.32 Å². The molecule has 1 aromatic carbocycles. The number of amides is 1. The molecule has 0 aliphatic heterocycles. The van der Waals surface area contributed by atoms with E-state index in [9.17, 15) is 14.4 Å². The summed E-state index contributed by atoms with van der Waals surface area (Å²) in [7, 11) is 0. The quantitative estimate of drug-likeness (QED) is 0.662. The second-order valence-corrected chi connectivity index (χ2v) is 5.79. The summed E-state index contributed by atoms with van der Waals surface area (Å²) in [6.07, 6.45) is 0.930. The van der Waals surface area contributed by atoms with Crippen molar-refractivity contribution in [1.29, 1.82) is 0 Å². The maximum Gasteiger partial charge on any atom is 0.341 e. The van der Waals surface area contributed by atoms with Gasteiger partial charge in [-0.15, -0.1) is 11.3 Å². The van der Waals surface area contributed by atoms with Crippen molar-refractivity contribution in [3.8, 4) is 0 Å². The van der Waals surface area contributed by atoms with Gasteiger partial charge in [0, 0.05) is 17.4 Å². The van der Waals surface area contributed by atoms with E-state index in [1.807, 2.05) is 0 Å². The van der Waals surface area contributed by atoms with Gasteiger partial charge < -0.3 is 10.1 Å². The van der Waals surface area contributed by atoms with Gasteiger partial charge >= 0.3 is 5.97 Å². The third kappa shape index (κ3) is 2.98. The molecule has 22 heavy (non-hydrogen) atoms. The topological polar surface area (TPSA) is 72.5 Å². The summed E-state index contributed by atoms with van der Waals surface area (Å²) in [5.41, 5.74) is 0.599. The molecule has 0 spiro atoms. The number of anilines is 1. The van der Waals surface area contributed by atoms with Gasteiger partial charge in [0.15, 0.2) is 6.29 Å². The highest BCUT2D eigenvalue weighted by Gasteiger charge is 2.23. The van der Waals surface area contributed by atoms with E-state index in [-0.39, 0.29) is 29.5 Å². The van der Waals surface area contributed by atoms with E-state index in [0.29, 0.717) is 26.9 Å². The molecule has 0 atom stereocenters. The van der Waals surface area contributed by atoms with E-state index in [0.717, 1.165) is 11.3 Å². The first kappa shape index (κ1) is 16.5. The zero-order valence-electron chi connectivity index (χ0n) is 12.1. The van der Waals surface area contributed by atoms with E-state index in [2.05, 4.69) is 5.32 Å². The van der Waals surface area contributed by atoms with Gasteiger partial charge in [0.05, 0.1) is 16.3 Å². The maximum absolute atomic E-state index is 12.2. The molecule has 5 nitrogen and oxygen atoms in total. The molecule has 1 aromatic heterocycles. The fraction of sp³-hybridized carbons (Fsp3) is 0.267. The normalized spacial score (nSPS) is 10.5. The Kier molecular flexibility index (Phi) is 5.15. The van der Waals surface area contributed by atoms with E-state index in [1.165, 1.54) is 0 Å². The second kappa shape index (κ2) is 6.89. The maximum atomic E-state index is 12.2. The van der Waals surface area contributed by atoms with Gasteiger partial charge in [-0.1, -0.05) is 24.6 Å².